The zero-order valence-corrected chi connectivity index (χ0v) is 17.8. The highest BCUT2D eigenvalue weighted by Gasteiger charge is 2.33. The van der Waals surface area contributed by atoms with Gasteiger partial charge in [0, 0.05) is 24.2 Å². The van der Waals surface area contributed by atoms with Crippen LogP contribution >= 0.6 is 0 Å². The molecule has 0 aromatic heterocycles. The number of hydrogen-bond acceptors (Lipinski definition) is 3. The summed E-state index contributed by atoms with van der Waals surface area (Å²) in [7, 11) is -3.50. The molecular weight excluding hydrogens is 384 g/mol. The van der Waals surface area contributed by atoms with E-state index in [1.807, 2.05) is 4.90 Å². The van der Waals surface area contributed by atoms with E-state index in [0.717, 1.165) is 31.2 Å². The van der Waals surface area contributed by atoms with E-state index in [4.69, 9.17) is 0 Å². The minimum atomic E-state index is -3.50. The van der Waals surface area contributed by atoms with Crippen LogP contribution in [0.15, 0.2) is 53.4 Å². The van der Waals surface area contributed by atoms with Crippen LogP contribution in [0, 0.1) is 0 Å². The summed E-state index contributed by atoms with van der Waals surface area (Å²) < 4.78 is 27.3. The monoisotopic (exact) mass is 412 g/mol. The van der Waals surface area contributed by atoms with Crippen LogP contribution in [0.3, 0.4) is 0 Å². The highest BCUT2D eigenvalue weighted by Crippen LogP contribution is 2.30. The molecule has 0 bridgehead atoms. The van der Waals surface area contributed by atoms with E-state index in [1.165, 1.54) is 17.7 Å². The van der Waals surface area contributed by atoms with Crippen molar-refractivity contribution in [3.05, 3.63) is 65.2 Å². The van der Waals surface area contributed by atoms with Gasteiger partial charge in [-0.1, -0.05) is 38.1 Å². The van der Waals surface area contributed by atoms with Crippen LogP contribution in [0.4, 0.5) is 0 Å². The van der Waals surface area contributed by atoms with Crippen molar-refractivity contribution >= 4 is 15.9 Å². The number of carbonyl (C=O) groups excluding carboxylic acids is 1. The molecule has 0 radical (unpaired) electrons. The van der Waals surface area contributed by atoms with Gasteiger partial charge in [-0.3, -0.25) is 4.79 Å². The van der Waals surface area contributed by atoms with Gasteiger partial charge in [0.1, 0.15) is 0 Å². The van der Waals surface area contributed by atoms with Crippen LogP contribution in [0.1, 0.15) is 66.9 Å². The van der Waals surface area contributed by atoms with Gasteiger partial charge in [-0.2, -0.15) is 0 Å². The molecule has 0 aliphatic heterocycles. The van der Waals surface area contributed by atoms with Crippen molar-refractivity contribution in [2.75, 3.05) is 0 Å². The first-order valence-electron chi connectivity index (χ1n) is 10.4. The Morgan fingerprint density at radius 3 is 2.14 bits per heavy atom. The molecule has 4 rings (SSSR count). The maximum absolute atomic E-state index is 13.1. The van der Waals surface area contributed by atoms with E-state index in [1.54, 1.807) is 12.1 Å². The number of rotatable bonds is 8. The van der Waals surface area contributed by atoms with Crippen LogP contribution in [0.5, 0.6) is 0 Å². The molecule has 6 heteroatoms. The molecule has 154 valence electrons. The lowest BCUT2D eigenvalue weighted by molar-refractivity contribution is 0.0730. The second-order valence-corrected chi connectivity index (χ2v) is 10.2. The Labute approximate surface area is 173 Å². The lowest BCUT2D eigenvalue weighted by Crippen LogP contribution is -2.32. The van der Waals surface area contributed by atoms with Gasteiger partial charge in [0.05, 0.1) is 4.90 Å². The lowest BCUT2D eigenvalue weighted by Gasteiger charge is -2.23. The molecular formula is C23H28N2O3S. The highest BCUT2D eigenvalue weighted by atomic mass is 32.2. The van der Waals surface area contributed by atoms with E-state index in [9.17, 15) is 13.2 Å². The third-order valence-corrected chi connectivity index (χ3v) is 7.09. The zero-order chi connectivity index (χ0) is 20.6. The maximum atomic E-state index is 13.1. The highest BCUT2D eigenvalue weighted by molar-refractivity contribution is 7.89. The molecule has 0 spiro atoms. The van der Waals surface area contributed by atoms with Crippen LogP contribution in [0.25, 0.3) is 0 Å². The molecule has 2 saturated carbocycles. The van der Waals surface area contributed by atoms with Gasteiger partial charge in [0.15, 0.2) is 0 Å². The first kappa shape index (κ1) is 20.1. The van der Waals surface area contributed by atoms with Crippen molar-refractivity contribution in [1.82, 2.24) is 9.62 Å². The molecule has 0 unspecified atom stereocenters. The maximum Gasteiger partial charge on any atom is 0.254 e. The summed E-state index contributed by atoms with van der Waals surface area (Å²) in [6.07, 6.45) is 3.83. The summed E-state index contributed by atoms with van der Waals surface area (Å²) in [5.41, 5.74) is 2.93. The van der Waals surface area contributed by atoms with Gasteiger partial charge in [-0.05, 0) is 67.0 Å². The average Bonchev–Trinajstić information content (AvgIpc) is 3.61. The van der Waals surface area contributed by atoms with Crippen molar-refractivity contribution in [3.63, 3.8) is 0 Å². The first-order chi connectivity index (χ1) is 13.8. The fourth-order valence-corrected chi connectivity index (χ4v) is 4.69. The van der Waals surface area contributed by atoms with Crippen LogP contribution in [-0.2, 0) is 16.6 Å². The Hall–Kier alpha value is -2.18. The minimum Gasteiger partial charge on any atom is -0.331 e. The van der Waals surface area contributed by atoms with Crippen LogP contribution < -0.4 is 4.72 Å². The topological polar surface area (TPSA) is 66.5 Å². The quantitative estimate of drug-likeness (QED) is 0.711. The van der Waals surface area contributed by atoms with Gasteiger partial charge in [-0.25, -0.2) is 13.1 Å². The van der Waals surface area contributed by atoms with Gasteiger partial charge in [0.2, 0.25) is 10.0 Å². The molecule has 29 heavy (non-hydrogen) atoms. The number of hydrogen-bond donors (Lipinski definition) is 1. The zero-order valence-electron chi connectivity index (χ0n) is 17.0. The Kier molecular flexibility index (Phi) is 5.49. The Bertz CT molecular complexity index is 974. The van der Waals surface area contributed by atoms with Crippen molar-refractivity contribution in [2.45, 2.75) is 69.0 Å². The summed E-state index contributed by atoms with van der Waals surface area (Å²) in [5, 5.41) is 0. The number of nitrogens with one attached hydrogen (secondary N) is 1. The molecule has 2 aliphatic rings. The van der Waals surface area contributed by atoms with Crippen molar-refractivity contribution in [1.29, 1.82) is 0 Å². The summed E-state index contributed by atoms with van der Waals surface area (Å²) in [4.78, 5) is 15.2. The molecule has 2 aromatic carbocycles. The molecule has 5 nitrogen and oxygen atoms in total. The van der Waals surface area contributed by atoms with Gasteiger partial charge in [0.25, 0.3) is 5.91 Å². The van der Waals surface area contributed by atoms with E-state index >= 15 is 0 Å². The van der Waals surface area contributed by atoms with E-state index in [2.05, 4.69) is 42.8 Å². The van der Waals surface area contributed by atoms with E-state index in [-0.39, 0.29) is 22.9 Å². The molecule has 0 saturated heterocycles. The lowest BCUT2D eigenvalue weighted by atomic mass is 10.0. The Balaban J connectivity index is 1.48. The normalized spacial score (nSPS) is 16.8. The van der Waals surface area contributed by atoms with Gasteiger partial charge in [-0.15, -0.1) is 0 Å². The van der Waals surface area contributed by atoms with Gasteiger partial charge >= 0.3 is 0 Å². The molecule has 2 fully saturated rings. The van der Waals surface area contributed by atoms with Crippen LogP contribution in [-0.4, -0.2) is 31.3 Å². The smallest absolute Gasteiger partial charge is 0.254 e. The second kappa shape index (κ2) is 7.92. The number of amides is 1. The Morgan fingerprint density at radius 1 is 1.00 bits per heavy atom. The standard InChI is InChI=1S/C23H28N2O3S/c1-16(2)18-5-3-17(4-6-18)15-25(21-11-12-21)23(26)19-7-13-22(14-8-19)29(27,28)24-20-9-10-20/h3-8,13-14,16,20-21,24H,9-12,15H2,1-2H3. The molecule has 1 amide bonds. The molecule has 0 atom stereocenters. The number of nitrogens with zero attached hydrogens (tertiary/aromatic N) is 1. The van der Waals surface area contributed by atoms with Crippen molar-refractivity contribution < 1.29 is 13.2 Å². The van der Waals surface area contributed by atoms with Crippen LogP contribution in [0.2, 0.25) is 0 Å². The average molecular weight is 413 g/mol. The van der Waals surface area contributed by atoms with E-state index in [0.29, 0.717) is 18.0 Å². The third kappa shape index (κ3) is 4.87. The third-order valence-electron chi connectivity index (χ3n) is 5.56. The largest absolute Gasteiger partial charge is 0.331 e. The molecule has 2 aromatic rings. The molecule has 2 aliphatic carbocycles. The first-order valence-corrected chi connectivity index (χ1v) is 11.8. The summed E-state index contributed by atoms with van der Waals surface area (Å²) in [6, 6.07) is 15.1. The summed E-state index contributed by atoms with van der Waals surface area (Å²) >= 11 is 0. The SMILES string of the molecule is CC(C)c1ccc(CN(C(=O)c2ccc(S(=O)(=O)NC3CC3)cc2)C2CC2)cc1. The predicted molar refractivity (Wildman–Crippen MR) is 113 cm³/mol. The fraction of sp³-hybridized carbons (Fsp3) is 0.435. The van der Waals surface area contributed by atoms with Crippen molar-refractivity contribution in [3.8, 4) is 0 Å². The van der Waals surface area contributed by atoms with Crippen molar-refractivity contribution in [2.24, 2.45) is 0 Å². The van der Waals surface area contributed by atoms with Gasteiger partial charge < -0.3 is 4.90 Å². The van der Waals surface area contributed by atoms with E-state index < -0.39 is 10.0 Å². The summed E-state index contributed by atoms with van der Waals surface area (Å²) in [5.74, 6) is 0.439. The summed E-state index contributed by atoms with van der Waals surface area (Å²) in [6.45, 7) is 4.91. The predicted octanol–water partition coefficient (Wildman–Crippen LogP) is 4.06. The number of sulfonamides is 1. The minimum absolute atomic E-state index is 0.0421. The fourth-order valence-electron chi connectivity index (χ4n) is 3.39. The number of benzene rings is 2. The second-order valence-electron chi connectivity index (χ2n) is 8.48. The molecule has 0 heterocycles. The number of carbonyl (C=O) groups is 1. The molecule has 1 N–H and O–H groups in total. The Morgan fingerprint density at radius 2 is 1.62 bits per heavy atom.